The number of hydrogen-bond acceptors (Lipinski definition) is 3. The van der Waals surface area contributed by atoms with Crippen LogP contribution in [0.4, 0.5) is 4.39 Å². The number of aromatic amines is 1. The molecule has 158 valence electrons. The number of hydrogen-bond donors (Lipinski definition) is 1. The van der Waals surface area contributed by atoms with Crippen LogP contribution in [0.2, 0.25) is 0 Å². The van der Waals surface area contributed by atoms with Gasteiger partial charge < -0.3 is 19.5 Å². The third kappa shape index (κ3) is 4.05. The fourth-order valence-corrected chi connectivity index (χ4v) is 4.30. The average Bonchev–Trinajstić information content (AvgIpc) is 3.21. The molecule has 1 atom stereocenters. The van der Waals surface area contributed by atoms with E-state index in [9.17, 15) is 9.18 Å². The van der Waals surface area contributed by atoms with Crippen molar-refractivity contribution >= 4 is 16.8 Å². The van der Waals surface area contributed by atoms with Crippen LogP contribution in [0.1, 0.15) is 30.4 Å². The Kier molecular flexibility index (Phi) is 6.04. The smallest absolute Gasteiger partial charge is 0.223 e. The fraction of sp³-hybridized carbons (Fsp3) is 0.375. The summed E-state index contributed by atoms with van der Waals surface area (Å²) in [5, 5.41) is 0.950. The molecule has 0 bridgehead atoms. The Balaban J connectivity index is 1.68. The first-order valence-corrected chi connectivity index (χ1v) is 10.5. The molecule has 0 spiro atoms. The van der Waals surface area contributed by atoms with Crippen LogP contribution in [-0.4, -0.2) is 60.5 Å². The number of ether oxygens (including phenoxy) is 1. The van der Waals surface area contributed by atoms with E-state index in [1.807, 2.05) is 35.4 Å². The van der Waals surface area contributed by atoms with Crippen molar-refractivity contribution < 1.29 is 13.9 Å². The van der Waals surface area contributed by atoms with E-state index in [1.54, 1.807) is 19.2 Å². The molecule has 3 aromatic rings. The summed E-state index contributed by atoms with van der Waals surface area (Å²) in [7, 11) is 1.63. The van der Waals surface area contributed by atoms with Crippen LogP contribution >= 0.6 is 0 Å². The summed E-state index contributed by atoms with van der Waals surface area (Å²) in [5.41, 5.74) is 2.40. The van der Waals surface area contributed by atoms with Gasteiger partial charge in [-0.3, -0.25) is 4.79 Å². The molecule has 5 nitrogen and oxygen atoms in total. The first-order valence-electron chi connectivity index (χ1n) is 10.5. The number of carbonyl (C=O) groups is 1. The van der Waals surface area contributed by atoms with Crippen LogP contribution in [-0.2, 0) is 4.79 Å². The Morgan fingerprint density at radius 1 is 1.13 bits per heavy atom. The Labute approximate surface area is 176 Å². The number of nitrogens with one attached hydrogen (secondary N) is 1. The second-order valence-corrected chi connectivity index (χ2v) is 7.75. The molecule has 0 aliphatic carbocycles. The van der Waals surface area contributed by atoms with E-state index >= 15 is 0 Å². The molecule has 1 amide bonds. The fourth-order valence-electron chi connectivity index (χ4n) is 4.30. The van der Waals surface area contributed by atoms with Crippen molar-refractivity contribution in [2.24, 2.45) is 0 Å². The van der Waals surface area contributed by atoms with Gasteiger partial charge in [-0.15, -0.1) is 0 Å². The third-order valence-corrected chi connectivity index (χ3v) is 6.13. The van der Waals surface area contributed by atoms with Crippen LogP contribution in [0.15, 0.2) is 48.7 Å². The van der Waals surface area contributed by atoms with Crippen molar-refractivity contribution in [3.05, 3.63) is 65.6 Å². The number of fused-ring (bicyclic) bond motifs is 1. The molecule has 1 fully saturated rings. The van der Waals surface area contributed by atoms with Crippen LogP contribution < -0.4 is 4.74 Å². The predicted octanol–water partition coefficient (Wildman–Crippen LogP) is 4.00. The van der Waals surface area contributed by atoms with E-state index in [0.717, 1.165) is 54.9 Å². The second kappa shape index (κ2) is 8.88. The summed E-state index contributed by atoms with van der Waals surface area (Å²) in [6.07, 6.45) is 2.13. The number of aromatic nitrogens is 1. The standard InChI is InChI=1S/C24H28FN3O2/c1-3-27-10-12-28(13-11-27)24(29)15-19(18-6-4-5-7-22(18)25)21-16-26-23-9-8-17(30-2)14-20(21)23/h4-9,14,16,19,26H,3,10-13,15H2,1-2H3. The number of amides is 1. The topological polar surface area (TPSA) is 48.6 Å². The molecule has 1 aromatic heterocycles. The van der Waals surface area contributed by atoms with Crippen LogP contribution in [0.3, 0.4) is 0 Å². The van der Waals surface area contributed by atoms with E-state index in [1.165, 1.54) is 6.07 Å². The number of rotatable bonds is 6. The lowest BCUT2D eigenvalue weighted by molar-refractivity contribution is -0.133. The van der Waals surface area contributed by atoms with Gasteiger partial charge in [0, 0.05) is 55.6 Å². The molecule has 1 unspecified atom stereocenters. The van der Waals surface area contributed by atoms with Crippen LogP contribution in [0.5, 0.6) is 5.75 Å². The number of halogens is 1. The Morgan fingerprint density at radius 2 is 1.90 bits per heavy atom. The molecule has 1 aliphatic heterocycles. The Morgan fingerprint density at radius 3 is 2.60 bits per heavy atom. The van der Waals surface area contributed by atoms with Gasteiger partial charge in [-0.2, -0.15) is 0 Å². The normalized spacial score (nSPS) is 16.0. The summed E-state index contributed by atoms with van der Waals surface area (Å²) in [6.45, 7) is 6.35. The molecule has 1 saturated heterocycles. The lowest BCUT2D eigenvalue weighted by Crippen LogP contribution is -2.48. The molecule has 2 heterocycles. The van der Waals surface area contributed by atoms with E-state index < -0.39 is 0 Å². The number of carbonyl (C=O) groups excluding carboxylic acids is 1. The van der Waals surface area contributed by atoms with Crippen molar-refractivity contribution in [1.82, 2.24) is 14.8 Å². The van der Waals surface area contributed by atoms with Crippen molar-refractivity contribution in [2.45, 2.75) is 19.3 Å². The predicted molar refractivity (Wildman–Crippen MR) is 116 cm³/mol. The van der Waals surface area contributed by atoms with Gasteiger partial charge >= 0.3 is 0 Å². The van der Waals surface area contributed by atoms with Gasteiger partial charge in [0.05, 0.1) is 7.11 Å². The highest BCUT2D eigenvalue weighted by Gasteiger charge is 2.28. The molecule has 30 heavy (non-hydrogen) atoms. The second-order valence-electron chi connectivity index (χ2n) is 7.75. The molecule has 0 radical (unpaired) electrons. The zero-order chi connectivity index (χ0) is 21.1. The average molecular weight is 410 g/mol. The highest BCUT2D eigenvalue weighted by Crippen LogP contribution is 2.36. The Bertz CT molecular complexity index is 1020. The summed E-state index contributed by atoms with van der Waals surface area (Å²) >= 11 is 0. The van der Waals surface area contributed by atoms with E-state index in [2.05, 4.69) is 16.8 Å². The highest BCUT2D eigenvalue weighted by molar-refractivity contribution is 5.87. The van der Waals surface area contributed by atoms with Gasteiger partial charge in [0.15, 0.2) is 0 Å². The molecule has 0 saturated carbocycles. The van der Waals surface area contributed by atoms with Gasteiger partial charge in [0.1, 0.15) is 11.6 Å². The summed E-state index contributed by atoms with van der Waals surface area (Å²) in [5.74, 6) is 0.140. The van der Waals surface area contributed by atoms with Crippen molar-refractivity contribution in [1.29, 1.82) is 0 Å². The summed E-state index contributed by atoms with van der Waals surface area (Å²) in [4.78, 5) is 20.7. The first-order chi connectivity index (χ1) is 14.6. The highest BCUT2D eigenvalue weighted by atomic mass is 19.1. The van der Waals surface area contributed by atoms with Gasteiger partial charge in [-0.1, -0.05) is 25.1 Å². The molecular formula is C24H28FN3O2. The Hall–Kier alpha value is -2.86. The van der Waals surface area contributed by atoms with E-state index in [0.29, 0.717) is 5.56 Å². The third-order valence-electron chi connectivity index (χ3n) is 6.13. The van der Waals surface area contributed by atoms with Gasteiger partial charge in [0.25, 0.3) is 0 Å². The van der Waals surface area contributed by atoms with Crippen molar-refractivity contribution in [2.75, 3.05) is 39.8 Å². The largest absolute Gasteiger partial charge is 0.497 e. The summed E-state index contributed by atoms with van der Waals surface area (Å²) in [6, 6.07) is 12.5. The number of H-pyrrole nitrogens is 1. The van der Waals surface area contributed by atoms with E-state index in [4.69, 9.17) is 4.74 Å². The minimum Gasteiger partial charge on any atom is -0.497 e. The molecule has 2 aromatic carbocycles. The molecular weight excluding hydrogens is 381 g/mol. The molecule has 1 N–H and O–H groups in total. The van der Waals surface area contributed by atoms with Crippen molar-refractivity contribution in [3.63, 3.8) is 0 Å². The first kappa shape index (κ1) is 20.4. The number of likely N-dealkylation sites (N-methyl/N-ethyl adjacent to an activating group) is 1. The quantitative estimate of drug-likeness (QED) is 0.669. The zero-order valence-electron chi connectivity index (χ0n) is 17.5. The molecule has 1 aliphatic rings. The van der Waals surface area contributed by atoms with Gasteiger partial charge in [-0.25, -0.2) is 4.39 Å². The van der Waals surface area contributed by atoms with Gasteiger partial charge in [0.2, 0.25) is 5.91 Å². The van der Waals surface area contributed by atoms with Crippen LogP contribution in [0.25, 0.3) is 10.9 Å². The van der Waals surface area contributed by atoms with Crippen LogP contribution in [0, 0.1) is 5.82 Å². The maximum atomic E-state index is 14.8. The lowest BCUT2D eigenvalue weighted by atomic mass is 9.87. The SMILES string of the molecule is CCN1CCN(C(=O)CC(c2ccccc2F)c2c[nH]c3ccc(OC)cc23)CC1. The number of piperazine rings is 1. The zero-order valence-corrected chi connectivity index (χ0v) is 17.5. The maximum Gasteiger partial charge on any atom is 0.223 e. The monoisotopic (exact) mass is 409 g/mol. The number of methoxy groups -OCH3 is 1. The molecule has 4 rings (SSSR count). The van der Waals surface area contributed by atoms with Crippen molar-refractivity contribution in [3.8, 4) is 5.75 Å². The minimum absolute atomic E-state index is 0.0660. The van der Waals surface area contributed by atoms with Gasteiger partial charge in [-0.05, 0) is 41.9 Å². The van der Waals surface area contributed by atoms with E-state index in [-0.39, 0.29) is 24.1 Å². The lowest BCUT2D eigenvalue weighted by Gasteiger charge is -2.35. The number of nitrogens with zero attached hydrogens (tertiary/aromatic N) is 2. The molecule has 6 heteroatoms. The summed E-state index contributed by atoms with van der Waals surface area (Å²) < 4.78 is 20.2. The minimum atomic E-state index is -0.372. The maximum absolute atomic E-state index is 14.8. The number of benzene rings is 2.